The zero-order valence-electron chi connectivity index (χ0n) is 12.0. The Kier molecular flexibility index (Phi) is 5.00. The first-order valence-electron chi connectivity index (χ1n) is 6.51. The highest BCUT2D eigenvalue weighted by atomic mass is 35.5. The number of nitrogens with zero attached hydrogens (tertiary/aromatic N) is 1. The van der Waals surface area contributed by atoms with Crippen molar-refractivity contribution in [2.24, 2.45) is 0 Å². The molecule has 116 valence electrons. The summed E-state index contributed by atoms with van der Waals surface area (Å²) in [5.74, 6) is 0.468. The first-order chi connectivity index (χ1) is 10.4. The summed E-state index contributed by atoms with van der Waals surface area (Å²) in [6.45, 7) is 3.27. The molecule has 0 saturated carbocycles. The van der Waals surface area contributed by atoms with E-state index in [-0.39, 0.29) is 0 Å². The number of benzene rings is 1. The third kappa shape index (κ3) is 4.49. The molecule has 0 fully saturated rings. The van der Waals surface area contributed by atoms with Crippen molar-refractivity contribution in [2.75, 3.05) is 10.6 Å². The topological polar surface area (TPSA) is 96.3 Å². The van der Waals surface area contributed by atoms with E-state index in [9.17, 15) is 9.59 Å². The van der Waals surface area contributed by atoms with Crippen LogP contribution in [0.1, 0.15) is 12.7 Å². The third-order valence-corrected chi connectivity index (χ3v) is 2.94. The molecule has 1 aromatic heterocycles. The number of anilines is 2. The highest BCUT2D eigenvalue weighted by Gasteiger charge is 2.17. The lowest BCUT2D eigenvalue weighted by atomic mass is 10.3. The standard InChI is InChI=1S/C14H15ClN4O3/c1-8-6-12(19-22-8)18-13(20)9(2)16-14(21)17-11-5-3-4-10(15)7-11/h3-7,9H,1-2H3,(H2,16,17,21)(H,18,19,20)/t9-/m1/s1. The number of carbonyl (C=O) groups is 2. The molecule has 0 unspecified atom stereocenters. The van der Waals surface area contributed by atoms with Crippen molar-refractivity contribution in [1.82, 2.24) is 10.5 Å². The van der Waals surface area contributed by atoms with Gasteiger partial charge in [-0.15, -0.1) is 0 Å². The van der Waals surface area contributed by atoms with E-state index in [4.69, 9.17) is 16.1 Å². The molecule has 0 aliphatic rings. The summed E-state index contributed by atoms with van der Waals surface area (Å²) in [6, 6.07) is 7.01. The fraction of sp³-hybridized carbons (Fsp3) is 0.214. The fourth-order valence-electron chi connectivity index (χ4n) is 1.66. The van der Waals surface area contributed by atoms with Gasteiger partial charge in [0.1, 0.15) is 11.8 Å². The van der Waals surface area contributed by atoms with Crippen LogP contribution < -0.4 is 16.0 Å². The van der Waals surface area contributed by atoms with Crippen LogP contribution in [0.15, 0.2) is 34.9 Å². The van der Waals surface area contributed by atoms with Gasteiger partial charge in [-0.2, -0.15) is 0 Å². The zero-order valence-corrected chi connectivity index (χ0v) is 12.8. The zero-order chi connectivity index (χ0) is 16.1. The predicted octanol–water partition coefficient (Wildman–Crippen LogP) is 2.79. The van der Waals surface area contributed by atoms with Crippen LogP contribution in [0.3, 0.4) is 0 Å². The summed E-state index contributed by atoms with van der Waals surface area (Å²) in [5, 5.41) is 11.8. The van der Waals surface area contributed by atoms with Gasteiger partial charge in [-0.3, -0.25) is 4.79 Å². The maximum Gasteiger partial charge on any atom is 0.319 e. The van der Waals surface area contributed by atoms with Gasteiger partial charge in [0.2, 0.25) is 5.91 Å². The van der Waals surface area contributed by atoms with Gasteiger partial charge in [-0.25, -0.2) is 4.79 Å². The van der Waals surface area contributed by atoms with Crippen molar-refractivity contribution in [1.29, 1.82) is 0 Å². The van der Waals surface area contributed by atoms with Crippen molar-refractivity contribution in [3.05, 3.63) is 41.1 Å². The minimum atomic E-state index is -0.754. The quantitative estimate of drug-likeness (QED) is 0.806. The van der Waals surface area contributed by atoms with Gasteiger partial charge in [-0.05, 0) is 32.0 Å². The molecule has 0 aliphatic heterocycles. The van der Waals surface area contributed by atoms with Crippen molar-refractivity contribution in [3.63, 3.8) is 0 Å². The molecular formula is C14H15ClN4O3. The van der Waals surface area contributed by atoms with E-state index in [1.165, 1.54) is 0 Å². The van der Waals surface area contributed by atoms with Crippen molar-refractivity contribution in [3.8, 4) is 0 Å². The van der Waals surface area contributed by atoms with E-state index in [0.717, 1.165) is 0 Å². The number of aryl methyl sites for hydroxylation is 1. The molecule has 22 heavy (non-hydrogen) atoms. The Labute approximate surface area is 132 Å². The molecule has 0 radical (unpaired) electrons. The van der Waals surface area contributed by atoms with E-state index >= 15 is 0 Å². The minimum Gasteiger partial charge on any atom is -0.360 e. The third-order valence-electron chi connectivity index (χ3n) is 2.70. The van der Waals surface area contributed by atoms with Crippen LogP contribution >= 0.6 is 11.6 Å². The summed E-state index contributed by atoms with van der Waals surface area (Å²) < 4.78 is 4.84. The highest BCUT2D eigenvalue weighted by molar-refractivity contribution is 6.30. The average Bonchev–Trinajstić information content (AvgIpc) is 2.83. The van der Waals surface area contributed by atoms with Crippen molar-refractivity contribution < 1.29 is 14.1 Å². The van der Waals surface area contributed by atoms with Gasteiger partial charge in [-0.1, -0.05) is 22.8 Å². The Morgan fingerprint density at radius 3 is 2.68 bits per heavy atom. The Balaban J connectivity index is 1.86. The number of hydrogen-bond donors (Lipinski definition) is 3. The summed E-state index contributed by atoms with van der Waals surface area (Å²) in [5.41, 5.74) is 0.532. The Bertz CT molecular complexity index is 686. The lowest BCUT2D eigenvalue weighted by Crippen LogP contribution is -2.43. The fourth-order valence-corrected chi connectivity index (χ4v) is 1.85. The first kappa shape index (κ1) is 15.8. The number of nitrogens with one attached hydrogen (secondary N) is 3. The molecule has 3 N–H and O–H groups in total. The van der Waals surface area contributed by atoms with Crippen LogP contribution in [-0.4, -0.2) is 23.1 Å². The molecule has 2 aromatic rings. The molecule has 7 nitrogen and oxygen atoms in total. The van der Waals surface area contributed by atoms with E-state index in [1.54, 1.807) is 44.2 Å². The Morgan fingerprint density at radius 1 is 1.27 bits per heavy atom. The molecule has 1 atom stereocenters. The van der Waals surface area contributed by atoms with Gasteiger partial charge in [0.25, 0.3) is 0 Å². The molecule has 2 rings (SSSR count). The number of amides is 3. The molecule has 0 aliphatic carbocycles. The number of aromatic nitrogens is 1. The monoisotopic (exact) mass is 322 g/mol. The Hall–Kier alpha value is -2.54. The van der Waals surface area contributed by atoms with Crippen molar-refractivity contribution >= 4 is 35.0 Å². The normalized spacial score (nSPS) is 11.6. The second-order valence-electron chi connectivity index (χ2n) is 4.64. The van der Waals surface area contributed by atoms with Crippen LogP contribution in [0.25, 0.3) is 0 Å². The number of rotatable bonds is 4. The summed E-state index contributed by atoms with van der Waals surface area (Å²) in [4.78, 5) is 23.7. The SMILES string of the molecule is Cc1cc(NC(=O)[C@@H](C)NC(=O)Nc2cccc(Cl)c2)no1. The van der Waals surface area contributed by atoms with E-state index in [0.29, 0.717) is 22.3 Å². The highest BCUT2D eigenvalue weighted by Crippen LogP contribution is 2.14. The van der Waals surface area contributed by atoms with Gasteiger partial charge < -0.3 is 20.5 Å². The molecule has 0 spiro atoms. The summed E-state index contributed by atoms with van der Waals surface area (Å²) in [7, 11) is 0. The minimum absolute atomic E-state index is 0.298. The predicted molar refractivity (Wildman–Crippen MR) is 82.9 cm³/mol. The van der Waals surface area contributed by atoms with Gasteiger partial charge in [0, 0.05) is 16.8 Å². The molecular weight excluding hydrogens is 308 g/mol. The number of halogens is 1. The molecule has 3 amide bonds. The van der Waals surface area contributed by atoms with Crippen LogP contribution in [0.4, 0.5) is 16.3 Å². The molecule has 1 heterocycles. The second-order valence-corrected chi connectivity index (χ2v) is 5.08. The van der Waals surface area contributed by atoms with E-state index in [2.05, 4.69) is 21.1 Å². The van der Waals surface area contributed by atoms with Crippen LogP contribution in [-0.2, 0) is 4.79 Å². The summed E-state index contributed by atoms with van der Waals surface area (Å²) >= 11 is 5.83. The van der Waals surface area contributed by atoms with Gasteiger partial charge >= 0.3 is 6.03 Å². The lowest BCUT2D eigenvalue weighted by molar-refractivity contribution is -0.117. The van der Waals surface area contributed by atoms with Crippen LogP contribution in [0, 0.1) is 6.92 Å². The van der Waals surface area contributed by atoms with E-state index < -0.39 is 18.0 Å². The molecule has 8 heteroatoms. The number of carbonyl (C=O) groups excluding carboxylic acids is 2. The number of urea groups is 1. The Morgan fingerprint density at radius 2 is 2.05 bits per heavy atom. The van der Waals surface area contributed by atoms with Crippen molar-refractivity contribution in [2.45, 2.75) is 19.9 Å². The number of hydrogen-bond acceptors (Lipinski definition) is 4. The van der Waals surface area contributed by atoms with Crippen LogP contribution in [0.5, 0.6) is 0 Å². The molecule has 0 saturated heterocycles. The van der Waals surface area contributed by atoms with Gasteiger partial charge in [0.05, 0.1) is 0 Å². The van der Waals surface area contributed by atoms with E-state index in [1.807, 2.05) is 0 Å². The largest absolute Gasteiger partial charge is 0.360 e. The maximum atomic E-state index is 11.9. The second kappa shape index (κ2) is 6.95. The molecule has 0 bridgehead atoms. The first-order valence-corrected chi connectivity index (χ1v) is 6.89. The maximum absolute atomic E-state index is 11.9. The average molecular weight is 323 g/mol. The molecule has 1 aromatic carbocycles. The lowest BCUT2D eigenvalue weighted by Gasteiger charge is -2.13. The van der Waals surface area contributed by atoms with Gasteiger partial charge in [0.15, 0.2) is 5.82 Å². The van der Waals surface area contributed by atoms with Crippen LogP contribution in [0.2, 0.25) is 5.02 Å². The smallest absolute Gasteiger partial charge is 0.319 e. The summed E-state index contributed by atoms with van der Waals surface area (Å²) in [6.07, 6.45) is 0.